The van der Waals surface area contributed by atoms with Gasteiger partial charge in [-0.2, -0.15) is 0 Å². The van der Waals surface area contributed by atoms with Crippen LogP contribution in [0.4, 0.5) is 4.79 Å². The highest BCUT2D eigenvalue weighted by Gasteiger charge is 2.55. The average Bonchev–Trinajstić information content (AvgIpc) is 2.82. The van der Waals surface area contributed by atoms with Gasteiger partial charge in [0.2, 0.25) is 5.91 Å². The molecule has 6 nitrogen and oxygen atoms in total. The highest BCUT2D eigenvalue weighted by atomic mass is 16.2. The Kier molecular flexibility index (Phi) is 4.55. The lowest BCUT2D eigenvalue weighted by atomic mass is 9.73. The van der Waals surface area contributed by atoms with E-state index in [1.54, 1.807) is 0 Å². The van der Waals surface area contributed by atoms with Crippen LogP contribution in [0.25, 0.3) is 0 Å². The maximum atomic E-state index is 12.8. The van der Waals surface area contributed by atoms with Gasteiger partial charge in [0.15, 0.2) is 0 Å². The Morgan fingerprint density at radius 2 is 2.04 bits per heavy atom. The summed E-state index contributed by atoms with van der Waals surface area (Å²) in [4.78, 5) is 38.2. The Balaban J connectivity index is 1.61. The zero-order valence-corrected chi connectivity index (χ0v) is 13.9. The highest BCUT2D eigenvalue weighted by Crippen LogP contribution is 2.38. The normalized spacial score (nSPS) is 26.5. The minimum absolute atomic E-state index is 0.0973. The van der Waals surface area contributed by atoms with E-state index in [1.165, 1.54) is 0 Å². The van der Waals surface area contributed by atoms with Crippen LogP contribution in [0.5, 0.6) is 0 Å². The smallest absolute Gasteiger partial charge is 0.325 e. The van der Waals surface area contributed by atoms with Gasteiger partial charge in [0.05, 0.1) is 0 Å². The van der Waals surface area contributed by atoms with Crippen LogP contribution >= 0.6 is 0 Å². The van der Waals surface area contributed by atoms with Gasteiger partial charge in [-0.05, 0) is 24.3 Å². The van der Waals surface area contributed by atoms with Gasteiger partial charge >= 0.3 is 6.03 Å². The number of imide groups is 1. The Hall–Kier alpha value is -2.37. The Morgan fingerprint density at radius 1 is 1.29 bits per heavy atom. The molecule has 1 saturated heterocycles. The molecule has 6 heteroatoms. The molecule has 0 radical (unpaired) electrons. The number of urea groups is 1. The molecule has 128 valence electrons. The Bertz CT molecular complexity index is 646. The summed E-state index contributed by atoms with van der Waals surface area (Å²) in [5.41, 5.74) is 0.162. The maximum absolute atomic E-state index is 12.8. The molecule has 2 aliphatic rings. The fourth-order valence-electron chi connectivity index (χ4n) is 3.64. The number of hydrogen-bond donors (Lipinski definition) is 2. The monoisotopic (exact) mass is 329 g/mol. The van der Waals surface area contributed by atoms with Crippen molar-refractivity contribution >= 4 is 17.8 Å². The molecule has 0 unspecified atom stereocenters. The summed E-state index contributed by atoms with van der Waals surface area (Å²) in [6.45, 7) is 2.15. The maximum Gasteiger partial charge on any atom is 0.325 e. The van der Waals surface area contributed by atoms with E-state index >= 15 is 0 Å². The van der Waals surface area contributed by atoms with Crippen LogP contribution in [0.3, 0.4) is 0 Å². The number of nitrogens with zero attached hydrogens (tertiary/aromatic N) is 1. The van der Waals surface area contributed by atoms with Gasteiger partial charge < -0.3 is 10.6 Å². The van der Waals surface area contributed by atoms with Crippen molar-refractivity contribution < 1.29 is 14.4 Å². The van der Waals surface area contributed by atoms with Crippen LogP contribution in [-0.2, 0) is 16.1 Å². The van der Waals surface area contributed by atoms with E-state index in [2.05, 4.69) is 10.6 Å². The molecular formula is C18H23N3O3. The number of carbonyl (C=O) groups excluding carboxylic acids is 3. The molecule has 1 aromatic rings. The molecule has 3 rings (SSSR count). The second-order valence-corrected chi connectivity index (χ2v) is 6.70. The molecule has 1 aromatic carbocycles. The van der Waals surface area contributed by atoms with Crippen LogP contribution in [0.2, 0.25) is 0 Å². The van der Waals surface area contributed by atoms with Gasteiger partial charge in [-0.1, -0.05) is 50.1 Å². The van der Waals surface area contributed by atoms with Crippen molar-refractivity contribution in [3.8, 4) is 0 Å². The lowest BCUT2D eigenvalue weighted by molar-refractivity contribution is -0.137. The molecule has 1 aliphatic carbocycles. The van der Waals surface area contributed by atoms with Crippen molar-refractivity contribution in [2.75, 3.05) is 6.54 Å². The number of benzene rings is 1. The third kappa shape index (κ3) is 3.00. The number of rotatable bonds is 4. The second-order valence-electron chi connectivity index (χ2n) is 6.70. The van der Waals surface area contributed by atoms with Gasteiger partial charge in [-0.15, -0.1) is 0 Å². The standard InChI is InChI=1S/C18H23N3O3/c1-13-7-5-6-10-18(13)16(23)21(17(24)20-18)12-15(22)19-11-14-8-3-2-4-9-14/h2-4,8-9,13H,5-7,10-12H2,1H3,(H,19,22)(H,20,24)/t13-,18-/m1/s1. The third-order valence-electron chi connectivity index (χ3n) is 5.14. The molecule has 1 saturated carbocycles. The number of amides is 4. The Morgan fingerprint density at radius 3 is 2.75 bits per heavy atom. The van der Waals surface area contributed by atoms with Gasteiger partial charge in [-0.25, -0.2) is 4.79 Å². The van der Waals surface area contributed by atoms with Crippen LogP contribution in [0.15, 0.2) is 30.3 Å². The lowest BCUT2D eigenvalue weighted by Gasteiger charge is -2.36. The number of carbonyl (C=O) groups is 3. The molecule has 2 fully saturated rings. The minimum Gasteiger partial charge on any atom is -0.350 e. The topological polar surface area (TPSA) is 78.5 Å². The molecule has 24 heavy (non-hydrogen) atoms. The molecular weight excluding hydrogens is 306 g/mol. The van der Waals surface area contributed by atoms with Crippen molar-refractivity contribution in [3.63, 3.8) is 0 Å². The second kappa shape index (κ2) is 6.63. The summed E-state index contributed by atoms with van der Waals surface area (Å²) in [6, 6.07) is 9.06. The predicted molar refractivity (Wildman–Crippen MR) is 88.9 cm³/mol. The van der Waals surface area contributed by atoms with Crippen LogP contribution in [0.1, 0.15) is 38.2 Å². The van der Waals surface area contributed by atoms with Crippen molar-refractivity contribution in [1.82, 2.24) is 15.5 Å². The minimum atomic E-state index is -0.810. The van der Waals surface area contributed by atoms with E-state index in [1.807, 2.05) is 37.3 Å². The average molecular weight is 329 g/mol. The molecule has 1 aliphatic heterocycles. The molecule has 1 heterocycles. The summed E-state index contributed by atoms with van der Waals surface area (Å²) in [5.74, 6) is -0.488. The fourth-order valence-corrected chi connectivity index (χ4v) is 3.64. The number of hydrogen-bond acceptors (Lipinski definition) is 3. The van der Waals surface area contributed by atoms with Crippen LogP contribution < -0.4 is 10.6 Å². The van der Waals surface area contributed by atoms with Crippen molar-refractivity contribution in [3.05, 3.63) is 35.9 Å². The summed E-state index contributed by atoms with van der Waals surface area (Å²) < 4.78 is 0. The van der Waals surface area contributed by atoms with E-state index in [0.717, 1.165) is 29.7 Å². The Labute approximate surface area is 141 Å². The quantitative estimate of drug-likeness (QED) is 0.827. The van der Waals surface area contributed by atoms with Crippen molar-refractivity contribution in [1.29, 1.82) is 0 Å². The summed E-state index contributed by atoms with van der Waals surface area (Å²) >= 11 is 0. The first-order valence-corrected chi connectivity index (χ1v) is 8.47. The van der Waals surface area contributed by atoms with E-state index in [0.29, 0.717) is 13.0 Å². The van der Waals surface area contributed by atoms with E-state index in [9.17, 15) is 14.4 Å². The van der Waals surface area contributed by atoms with Crippen molar-refractivity contribution in [2.45, 2.75) is 44.7 Å². The zero-order chi connectivity index (χ0) is 17.2. The van der Waals surface area contributed by atoms with E-state index in [-0.39, 0.29) is 24.3 Å². The first-order valence-electron chi connectivity index (χ1n) is 8.47. The SMILES string of the molecule is C[C@@H]1CCCC[C@@]12NC(=O)N(CC(=O)NCc1ccccc1)C2=O. The van der Waals surface area contributed by atoms with Crippen molar-refractivity contribution in [2.24, 2.45) is 5.92 Å². The number of nitrogens with one attached hydrogen (secondary N) is 2. The van der Waals surface area contributed by atoms with Gasteiger partial charge in [0.25, 0.3) is 5.91 Å². The van der Waals surface area contributed by atoms with Crippen LogP contribution in [-0.4, -0.2) is 34.8 Å². The molecule has 0 bridgehead atoms. The van der Waals surface area contributed by atoms with Crippen LogP contribution in [0, 0.1) is 5.92 Å². The van der Waals surface area contributed by atoms with Gasteiger partial charge in [-0.3, -0.25) is 14.5 Å². The first-order chi connectivity index (χ1) is 11.5. The predicted octanol–water partition coefficient (Wildman–Crippen LogP) is 1.80. The summed E-state index contributed by atoms with van der Waals surface area (Å²) in [6.07, 6.45) is 3.56. The molecule has 0 aromatic heterocycles. The summed E-state index contributed by atoms with van der Waals surface area (Å²) in [5, 5.41) is 5.61. The molecule has 4 amide bonds. The van der Waals surface area contributed by atoms with E-state index < -0.39 is 11.6 Å². The van der Waals surface area contributed by atoms with Gasteiger partial charge in [0.1, 0.15) is 12.1 Å². The van der Waals surface area contributed by atoms with Gasteiger partial charge in [0, 0.05) is 6.54 Å². The molecule has 2 atom stereocenters. The first kappa shape index (κ1) is 16.5. The summed E-state index contributed by atoms with van der Waals surface area (Å²) in [7, 11) is 0. The zero-order valence-electron chi connectivity index (χ0n) is 13.9. The molecule has 2 N–H and O–H groups in total. The third-order valence-corrected chi connectivity index (χ3v) is 5.14. The highest BCUT2D eigenvalue weighted by molar-refractivity contribution is 6.09. The van der Waals surface area contributed by atoms with E-state index in [4.69, 9.17) is 0 Å². The largest absolute Gasteiger partial charge is 0.350 e. The molecule has 1 spiro atoms. The fraction of sp³-hybridized carbons (Fsp3) is 0.500. The lowest BCUT2D eigenvalue weighted by Crippen LogP contribution is -2.54.